The van der Waals surface area contributed by atoms with Gasteiger partial charge in [-0.2, -0.15) is 0 Å². The van der Waals surface area contributed by atoms with Crippen LogP contribution < -0.4 is 5.32 Å². The highest BCUT2D eigenvalue weighted by Crippen LogP contribution is 2.21. The number of nitro groups is 1. The maximum Gasteiger partial charge on any atom is 0.269 e. The van der Waals surface area contributed by atoms with Crippen LogP contribution in [0.4, 0.5) is 10.8 Å². The first-order chi connectivity index (χ1) is 10.5. The smallest absolute Gasteiger partial charge is 0.269 e. The second kappa shape index (κ2) is 6.95. The Morgan fingerprint density at radius 2 is 2.05 bits per heavy atom. The Kier molecular flexibility index (Phi) is 5.00. The Labute approximate surface area is 131 Å². The van der Waals surface area contributed by atoms with E-state index in [1.165, 1.54) is 29.5 Å². The van der Waals surface area contributed by atoms with Gasteiger partial charge in [0, 0.05) is 23.6 Å². The number of rotatable bonds is 5. The molecule has 1 aromatic carbocycles. The summed E-state index contributed by atoms with van der Waals surface area (Å²) in [5.41, 5.74) is 1.67. The zero-order chi connectivity index (χ0) is 16.1. The Hall–Kier alpha value is -2.54. The van der Waals surface area contributed by atoms with Crippen molar-refractivity contribution >= 4 is 34.1 Å². The van der Waals surface area contributed by atoms with Gasteiger partial charge in [0.1, 0.15) is 0 Å². The van der Waals surface area contributed by atoms with Gasteiger partial charge in [0.05, 0.1) is 10.6 Å². The van der Waals surface area contributed by atoms with Gasteiger partial charge >= 0.3 is 0 Å². The molecule has 1 aromatic heterocycles. The molecule has 0 aliphatic heterocycles. The third-order valence-corrected chi connectivity index (χ3v) is 3.65. The van der Waals surface area contributed by atoms with E-state index in [2.05, 4.69) is 10.3 Å². The second-order valence-electron chi connectivity index (χ2n) is 4.90. The van der Waals surface area contributed by atoms with E-state index in [0.717, 1.165) is 5.69 Å². The lowest BCUT2D eigenvalue weighted by Gasteiger charge is -1.98. The second-order valence-corrected chi connectivity index (χ2v) is 5.76. The van der Waals surface area contributed by atoms with Crippen molar-refractivity contribution in [2.75, 3.05) is 5.32 Å². The van der Waals surface area contributed by atoms with Gasteiger partial charge < -0.3 is 0 Å². The number of nitrogens with one attached hydrogen (secondary N) is 1. The van der Waals surface area contributed by atoms with Crippen molar-refractivity contribution in [3.8, 4) is 0 Å². The molecule has 0 saturated carbocycles. The molecular weight excluding hydrogens is 302 g/mol. The Balaban J connectivity index is 1.97. The van der Waals surface area contributed by atoms with Crippen LogP contribution in [-0.4, -0.2) is 15.8 Å². The molecular formula is C15H15N3O3S. The minimum atomic E-state index is -0.463. The zero-order valence-corrected chi connectivity index (χ0v) is 13.0. The third kappa shape index (κ3) is 4.23. The summed E-state index contributed by atoms with van der Waals surface area (Å²) in [6, 6.07) is 5.96. The van der Waals surface area contributed by atoms with E-state index in [4.69, 9.17) is 0 Å². The van der Waals surface area contributed by atoms with Crippen LogP contribution in [0, 0.1) is 10.1 Å². The highest BCUT2D eigenvalue weighted by molar-refractivity contribution is 7.14. The number of benzene rings is 1. The van der Waals surface area contributed by atoms with Gasteiger partial charge in [-0.15, -0.1) is 11.3 Å². The molecule has 0 unspecified atom stereocenters. The fourth-order valence-electron chi connectivity index (χ4n) is 1.63. The lowest BCUT2D eigenvalue weighted by atomic mass is 10.2. The predicted octanol–water partition coefficient (Wildman–Crippen LogP) is 3.83. The minimum absolute atomic E-state index is 0.0191. The molecule has 114 valence electrons. The van der Waals surface area contributed by atoms with E-state index in [9.17, 15) is 14.9 Å². The fraction of sp³-hybridized carbons (Fsp3) is 0.200. The normalized spacial score (nSPS) is 11.0. The average molecular weight is 317 g/mol. The number of amides is 1. The number of hydrogen-bond donors (Lipinski definition) is 1. The molecule has 22 heavy (non-hydrogen) atoms. The number of anilines is 1. The summed E-state index contributed by atoms with van der Waals surface area (Å²) in [5, 5.41) is 15.7. The van der Waals surface area contributed by atoms with Crippen molar-refractivity contribution in [3.63, 3.8) is 0 Å². The number of carbonyl (C=O) groups excluding carboxylic acids is 1. The number of nitrogens with zero attached hydrogens (tertiary/aromatic N) is 2. The van der Waals surface area contributed by atoms with Gasteiger partial charge in [0.15, 0.2) is 5.13 Å². The number of hydrogen-bond acceptors (Lipinski definition) is 5. The van der Waals surface area contributed by atoms with E-state index in [-0.39, 0.29) is 11.6 Å². The van der Waals surface area contributed by atoms with Crippen LogP contribution >= 0.6 is 11.3 Å². The summed E-state index contributed by atoms with van der Waals surface area (Å²) in [7, 11) is 0. The molecule has 2 aromatic rings. The summed E-state index contributed by atoms with van der Waals surface area (Å²) in [6.45, 7) is 4.07. The number of aromatic nitrogens is 1. The quantitative estimate of drug-likeness (QED) is 0.516. The first-order valence-corrected chi connectivity index (χ1v) is 7.52. The molecule has 0 radical (unpaired) electrons. The van der Waals surface area contributed by atoms with Crippen LogP contribution in [0.1, 0.15) is 31.0 Å². The highest BCUT2D eigenvalue weighted by Gasteiger charge is 2.07. The molecule has 0 atom stereocenters. The van der Waals surface area contributed by atoms with Crippen molar-refractivity contribution in [2.24, 2.45) is 0 Å². The monoisotopic (exact) mass is 317 g/mol. The summed E-state index contributed by atoms with van der Waals surface area (Å²) in [5.74, 6) is 0.0283. The molecule has 0 bridgehead atoms. The molecule has 6 nitrogen and oxygen atoms in total. The molecule has 1 amide bonds. The van der Waals surface area contributed by atoms with Gasteiger partial charge in [0.25, 0.3) is 5.69 Å². The molecule has 1 N–H and O–H groups in total. The topological polar surface area (TPSA) is 85.1 Å². The Morgan fingerprint density at radius 3 is 2.59 bits per heavy atom. The molecule has 0 aliphatic carbocycles. The van der Waals surface area contributed by atoms with Gasteiger partial charge in [-0.3, -0.25) is 20.2 Å². The van der Waals surface area contributed by atoms with Gasteiger partial charge in [0.2, 0.25) is 5.91 Å². The van der Waals surface area contributed by atoms with Crippen LogP contribution in [-0.2, 0) is 4.79 Å². The van der Waals surface area contributed by atoms with Crippen molar-refractivity contribution < 1.29 is 9.72 Å². The standard InChI is InChI=1S/C15H15N3O3S/c1-10(2)13-9-22-15(16-13)17-14(19)8-5-11-3-6-12(7-4-11)18(20)21/h3-10H,1-2H3,(H,16,17,19)/b8-5+. The molecule has 1 heterocycles. The van der Waals surface area contributed by atoms with E-state index >= 15 is 0 Å². The Morgan fingerprint density at radius 1 is 1.36 bits per heavy atom. The number of carbonyl (C=O) groups is 1. The first kappa shape index (κ1) is 15.8. The molecule has 7 heteroatoms. The van der Waals surface area contributed by atoms with E-state index in [1.54, 1.807) is 18.2 Å². The van der Waals surface area contributed by atoms with E-state index < -0.39 is 4.92 Å². The van der Waals surface area contributed by atoms with E-state index in [0.29, 0.717) is 16.6 Å². The summed E-state index contributed by atoms with van der Waals surface area (Å²) in [6.07, 6.45) is 2.97. The molecule has 0 fully saturated rings. The number of nitro benzene ring substituents is 1. The van der Waals surface area contributed by atoms with Crippen LogP contribution in [0.15, 0.2) is 35.7 Å². The summed E-state index contributed by atoms with van der Waals surface area (Å²) >= 11 is 1.38. The van der Waals surface area contributed by atoms with Crippen molar-refractivity contribution in [1.82, 2.24) is 4.98 Å². The lowest BCUT2D eigenvalue weighted by molar-refractivity contribution is -0.384. The van der Waals surface area contributed by atoms with Crippen molar-refractivity contribution in [3.05, 3.63) is 57.1 Å². The third-order valence-electron chi connectivity index (χ3n) is 2.87. The fourth-order valence-corrected chi connectivity index (χ4v) is 2.51. The zero-order valence-electron chi connectivity index (χ0n) is 12.1. The van der Waals surface area contributed by atoms with Crippen molar-refractivity contribution in [2.45, 2.75) is 19.8 Å². The number of non-ortho nitro benzene ring substituents is 1. The van der Waals surface area contributed by atoms with Crippen molar-refractivity contribution in [1.29, 1.82) is 0 Å². The SMILES string of the molecule is CC(C)c1csc(NC(=O)/C=C/c2ccc([N+](=O)[O-])cc2)n1. The van der Waals surface area contributed by atoms with Gasteiger partial charge in [-0.1, -0.05) is 13.8 Å². The minimum Gasteiger partial charge on any atom is -0.298 e. The molecule has 0 saturated heterocycles. The summed E-state index contributed by atoms with van der Waals surface area (Å²) < 4.78 is 0. The van der Waals surface area contributed by atoms with Gasteiger partial charge in [-0.05, 0) is 29.7 Å². The van der Waals surface area contributed by atoms with Crippen LogP contribution in [0.5, 0.6) is 0 Å². The maximum absolute atomic E-state index is 11.8. The maximum atomic E-state index is 11.8. The van der Waals surface area contributed by atoms with Crippen LogP contribution in [0.25, 0.3) is 6.08 Å². The first-order valence-electron chi connectivity index (χ1n) is 6.64. The highest BCUT2D eigenvalue weighted by atomic mass is 32.1. The average Bonchev–Trinajstić information content (AvgIpc) is 2.94. The lowest BCUT2D eigenvalue weighted by Crippen LogP contribution is -2.07. The van der Waals surface area contributed by atoms with Gasteiger partial charge in [-0.25, -0.2) is 4.98 Å². The largest absolute Gasteiger partial charge is 0.298 e. The van der Waals surface area contributed by atoms with Crippen LogP contribution in [0.2, 0.25) is 0 Å². The van der Waals surface area contributed by atoms with E-state index in [1.807, 2.05) is 19.2 Å². The number of thiazole rings is 1. The van der Waals surface area contributed by atoms with Crippen LogP contribution in [0.3, 0.4) is 0 Å². The molecule has 0 aliphatic rings. The molecule has 0 spiro atoms. The Bertz CT molecular complexity index is 705. The molecule has 2 rings (SSSR count). The summed E-state index contributed by atoms with van der Waals surface area (Å²) in [4.78, 5) is 26.2. The predicted molar refractivity (Wildman–Crippen MR) is 87.0 cm³/mol.